The molecule has 1 saturated heterocycles. The Morgan fingerprint density at radius 3 is 2.39 bits per heavy atom. The first-order chi connectivity index (χ1) is 8.47. The predicted octanol–water partition coefficient (Wildman–Crippen LogP) is 1.06. The minimum atomic E-state index is -1.08. The molecule has 18 heavy (non-hydrogen) atoms. The first kappa shape index (κ1) is 14.8. The summed E-state index contributed by atoms with van der Waals surface area (Å²) in [6.45, 7) is 3.94. The number of urea groups is 1. The maximum atomic E-state index is 12.1. The topological polar surface area (TPSA) is 78.9 Å². The second kappa shape index (κ2) is 6.58. The molecule has 0 saturated carbocycles. The molecule has 1 aliphatic rings. The summed E-state index contributed by atoms with van der Waals surface area (Å²) in [4.78, 5) is 24.8. The van der Waals surface area contributed by atoms with Gasteiger partial charge in [0.25, 0.3) is 0 Å². The minimum Gasteiger partial charge on any atom is -0.480 e. The van der Waals surface area contributed by atoms with E-state index >= 15 is 0 Å². The molecule has 0 spiro atoms. The van der Waals surface area contributed by atoms with E-state index in [1.807, 2.05) is 13.8 Å². The Morgan fingerprint density at radius 2 is 1.94 bits per heavy atom. The lowest BCUT2D eigenvalue weighted by Crippen LogP contribution is -2.56. The van der Waals surface area contributed by atoms with Crippen LogP contribution in [0.5, 0.6) is 0 Å². The number of aliphatic carboxylic acids is 1. The first-order valence-corrected chi connectivity index (χ1v) is 6.28. The number of hydrogen-bond donors (Lipinski definition) is 2. The van der Waals surface area contributed by atoms with Crippen molar-refractivity contribution in [3.8, 4) is 0 Å². The smallest absolute Gasteiger partial charge is 0.328 e. The molecular formula is C12H22N2O4. The van der Waals surface area contributed by atoms with Crippen molar-refractivity contribution in [1.82, 2.24) is 10.2 Å². The van der Waals surface area contributed by atoms with Gasteiger partial charge in [0.1, 0.15) is 0 Å². The number of carbonyl (C=O) groups excluding carboxylic acids is 1. The van der Waals surface area contributed by atoms with Crippen LogP contribution in [0.4, 0.5) is 4.79 Å². The molecular weight excluding hydrogens is 236 g/mol. The summed E-state index contributed by atoms with van der Waals surface area (Å²) in [6.07, 6.45) is 3.02. The van der Waals surface area contributed by atoms with E-state index in [0.29, 0.717) is 0 Å². The summed E-state index contributed by atoms with van der Waals surface area (Å²) in [5, 5.41) is 11.5. The molecule has 1 unspecified atom stereocenters. The van der Waals surface area contributed by atoms with Crippen molar-refractivity contribution in [2.24, 2.45) is 0 Å². The number of carbonyl (C=O) groups is 2. The van der Waals surface area contributed by atoms with Crippen LogP contribution in [0.3, 0.4) is 0 Å². The molecule has 1 rings (SSSR count). The van der Waals surface area contributed by atoms with Crippen molar-refractivity contribution >= 4 is 12.0 Å². The molecule has 2 amide bonds. The number of nitrogens with zero attached hydrogens (tertiary/aromatic N) is 1. The third-order valence-corrected chi connectivity index (χ3v) is 3.36. The highest BCUT2D eigenvalue weighted by Gasteiger charge is 2.31. The molecule has 2 N–H and O–H groups in total. The van der Waals surface area contributed by atoms with Crippen LogP contribution in [0.15, 0.2) is 0 Å². The normalized spacial score (nSPS) is 25.6. The molecule has 3 atom stereocenters. The second-order valence-electron chi connectivity index (χ2n) is 4.83. The lowest BCUT2D eigenvalue weighted by molar-refractivity contribution is -0.140. The lowest BCUT2D eigenvalue weighted by atomic mass is 9.98. The summed E-state index contributed by atoms with van der Waals surface area (Å²) < 4.78 is 4.79. The molecule has 0 aromatic rings. The van der Waals surface area contributed by atoms with Gasteiger partial charge in [-0.2, -0.15) is 0 Å². The van der Waals surface area contributed by atoms with E-state index in [9.17, 15) is 9.59 Å². The zero-order chi connectivity index (χ0) is 13.7. The van der Waals surface area contributed by atoms with Crippen molar-refractivity contribution in [3.05, 3.63) is 0 Å². The van der Waals surface area contributed by atoms with Gasteiger partial charge in [-0.25, -0.2) is 9.59 Å². The Labute approximate surface area is 107 Å². The zero-order valence-corrected chi connectivity index (χ0v) is 11.2. The van der Waals surface area contributed by atoms with Gasteiger partial charge in [0.2, 0.25) is 0 Å². The molecule has 1 heterocycles. The van der Waals surface area contributed by atoms with E-state index in [-0.39, 0.29) is 24.7 Å². The van der Waals surface area contributed by atoms with E-state index in [1.165, 1.54) is 7.11 Å². The van der Waals surface area contributed by atoms with E-state index in [0.717, 1.165) is 19.3 Å². The van der Waals surface area contributed by atoms with Gasteiger partial charge in [-0.3, -0.25) is 0 Å². The monoisotopic (exact) mass is 258 g/mol. The minimum absolute atomic E-state index is 0.0301. The highest BCUT2D eigenvalue weighted by Crippen LogP contribution is 2.22. The van der Waals surface area contributed by atoms with Crippen LogP contribution in [-0.4, -0.2) is 53.8 Å². The average Bonchev–Trinajstić information content (AvgIpc) is 2.28. The molecule has 0 bridgehead atoms. The second-order valence-corrected chi connectivity index (χ2v) is 4.83. The average molecular weight is 258 g/mol. The number of carboxylic acids is 1. The Hall–Kier alpha value is -1.30. The third kappa shape index (κ3) is 3.60. The molecule has 0 radical (unpaired) electrons. The van der Waals surface area contributed by atoms with Crippen LogP contribution >= 0.6 is 0 Å². The first-order valence-electron chi connectivity index (χ1n) is 6.28. The van der Waals surface area contributed by atoms with Gasteiger partial charge in [0, 0.05) is 19.2 Å². The van der Waals surface area contributed by atoms with Crippen molar-refractivity contribution in [3.63, 3.8) is 0 Å². The summed E-state index contributed by atoms with van der Waals surface area (Å²) in [5.74, 6) is -1.08. The van der Waals surface area contributed by atoms with E-state index < -0.39 is 12.0 Å². The fourth-order valence-corrected chi connectivity index (χ4v) is 2.39. The van der Waals surface area contributed by atoms with Crippen LogP contribution in [0.25, 0.3) is 0 Å². The highest BCUT2D eigenvalue weighted by atomic mass is 16.5. The summed E-state index contributed by atoms with van der Waals surface area (Å²) >= 11 is 0. The number of ether oxygens (including phenoxy) is 1. The van der Waals surface area contributed by atoms with Gasteiger partial charge < -0.3 is 20.1 Å². The summed E-state index contributed by atoms with van der Waals surface area (Å²) in [6, 6.07) is -1.03. The molecule has 1 aliphatic heterocycles. The maximum absolute atomic E-state index is 12.1. The van der Waals surface area contributed by atoms with Crippen molar-refractivity contribution in [2.75, 3.05) is 13.7 Å². The van der Waals surface area contributed by atoms with Gasteiger partial charge in [0.15, 0.2) is 6.04 Å². The molecule has 0 aromatic carbocycles. The fraction of sp³-hybridized carbons (Fsp3) is 0.833. The molecule has 0 aliphatic carbocycles. The molecule has 6 heteroatoms. The van der Waals surface area contributed by atoms with Crippen LogP contribution in [0.1, 0.15) is 33.1 Å². The number of methoxy groups -OCH3 is 1. The molecule has 1 fully saturated rings. The maximum Gasteiger partial charge on any atom is 0.328 e. The largest absolute Gasteiger partial charge is 0.480 e. The van der Waals surface area contributed by atoms with Crippen molar-refractivity contribution in [2.45, 2.75) is 51.2 Å². The number of carboxylic acid groups (broad SMARTS) is 1. The highest BCUT2D eigenvalue weighted by molar-refractivity contribution is 5.83. The SMILES string of the molecule is COCC(NC(=O)N1[C@H](C)CCC[C@@H]1C)C(=O)O. The molecule has 0 aromatic heterocycles. The number of hydrogen-bond acceptors (Lipinski definition) is 3. The van der Waals surface area contributed by atoms with Crippen LogP contribution in [0.2, 0.25) is 0 Å². The van der Waals surface area contributed by atoms with Gasteiger partial charge >= 0.3 is 12.0 Å². The predicted molar refractivity (Wildman–Crippen MR) is 66.4 cm³/mol. The zero-order valence-electron chi connectivity index (χ0n) is 11.2. The van der Waals surface area contributed by atoms with Gasteiger partial charge in [-0.05, 0) is 33.1 Å². The van der Waals surface area contributed by atoms with Gasteiger partial charge in [0.05, 0.1) is 6.61 Å². The van der Waals surface area contributed by atoms with E-state index in [1.54, 1.807) is 4.90 Å². The van der Waals surface area contributed by atoms with Crippen LogP contribution in [-0.2, 0) is 9.53 Å². The number of piperidine rings is 1. The summed E-state index contributed by atoms with van der Waals surface area (Å²) in [7, 11) is 1.41. The standard InChI is InChI=1S/C12H22N2O4/c1-8-5-4-6-9(2)14(8)12(17)13-10(7-18-3)11(15)16/h8-10H,4-7H2,1-3H3,(H,13,17)(H,15,16)/t8-,9+,10?. The summed E-state index contributed by atoms with van der Waals surface area (Å²) in [5.41, 5.74) is 0. The van der Waals surface area contributed by atoms with E-state index in [2.05, 4.69) is 5.32 Å². The Kier molecular flexibility index (Phi) is 5.40. The fourth-order valence-electron chi connectivity index (χ4n) is 2.39. The lowest BCUT2D eigenvalue weighted by Gasteiger charge is -2.39. The third-order valence-electron chi connectivity index (χ3n) is 3.36. The molecule has 6 nitrogen and oxygen atoms in total. The van der Waals surface area contributed by atoms with Gasteiger partial charge in [-0.15, -0.1) is 0 Å². The van der Waals surface area contributed by atoms with E-state index in [4.69, 9.17) is 9.84 Å². The quantitative estimate of drug-likeness (QED) is 0.790. The van der Waals surface area contributed by atoms with Crippen molar-refractivity contribution < 1.29 is 19.4 Å². The Morgan fingerprint density at radius 1 is 1.39 bits per heavy atom. The number of rotatable bonds is 4. The van der Waals surface area contributed by atoms with Crippen LogP contribution < -0.4 is 5.32 Å². The molecule has 104 valence electrons. The van der Waals surface area contributed by atoms with Gasteiger partial charge in [-0.1, -0.05) is 0 Å². The number of likely N-dealkylation sites (tertiary alicyclic amines) is 1. The number of nitrogens with one attached hydrogen (secondary N) is 1. The number of amides is 2. The van der Waals surface area contributed by atoms with Crippen molar-refractivity contribution in [1.29, 1.82) is 0 Å². The Bertz CT molecular complexity index is 298. The van der Waals surface area contributed by atoms with Crippen LogP contribution in [0, 0.1) is 0 Å². The Balaban J connectivity index is 2.64.